The van der Waals surface area contributed by atoms with Gasteiger partial charge in [-0.2, -0.15) is 13.2 Å². The first-order valence-electron chi connectivity index (χ1n) is 13.0. The van der Waals surface area contributed by atoms with Gasteiger partial charge in [0.2, 0.25) is 0 Å². The van der Waals surface area contributed by atoms with E-state index in [0.29, 0.717) is 37.7 Å². The molecule has 8 nitrogen and oxygen atoms in total. The van der Waals surface area contributed by atoms with Crippen LogP contribution in [0.3, 0.4) is 0 Å². The minimum Gasteiger partial charge on any atom is -0.334 e. The quantitative estimate of drug-likeness (QED) is 0.140. The largest absolute Gasteiger partial charge is 0.416 e. The molecule has 4 N–H and O–H groups in total. The lowest BCUT2D eigenvalue weighted by Crippen LogP contribution is -2.28. The molecule has 5 aromatic rings. The molecule has 1 aromatic heterocycles. The van der Waals surface area contributed by atoms with Crippen LogP contribution >= 0.6 is 11.3 Å². The van der Waals surface area contributed by atoms with E-state index in [2.05, 4.69) is 26.3 Å². The lowest BCUT2D eigenvalue weighted by atomic mass is 10.1. The fourth-order valence-electron chi connectivity index (χ4n) is 4.16. The number of thiazole rings is 1. The molecular formula is C31H23F4N5O3S. The maximum atomic E-state index is 13.3. The van der Waals surface area contributed by atoms with Gasteiger partial charge in [0.05, 0.1) is 15.8 Å². The number of carbonyl (C=O) groups excluding carboxylic acids is 3. The molecular weight excluding hydrogens is 598 g/mol. The van der Waals surface area contributed by atoms with E-state index in [1.54, 1.807) is 43.3 Å². The van der Waals surface area contributed by atoms with Crippen molar-refractivity contribution in [3.63, 3.8) is 0 Å². The number of rotatable bonds is 7. The maximum Gasteiger partial charge on any atom is 0.416 e. The molecule has 0 saturated carbocycles. The number of halogens is 4. The zero-order valence-electron chi connectivity index (χ0n) is 22.9. The Morgan fingerprint density at radius 1 is 0.818 bits per heavy atom. The summed E-state index contributed by atoms with van der Waals surface area (Å²) in [7, 11) is 0. The molecule has 0 aliphatic heterocycles. The molecule has 0 radical (unpaired) electrons. The summed E-state index contributed by atoms with van der Waals surface area (Å²) in [6.45, 7) is 1.85. The molecule has 5 rings (SSSR count). The van der Waals surface area contributed by atoms with Gasteiger partial charge in [-0.15, -0.1) is 0 Å². The Morgan fingerprint density at radius 2 is 1.55 bits per heavy atom. The Labute approximate surface area is 252 Å². The van der Waals surface area contributed by atoms with Crippen molar-refractivity contribution >= 4 is 55.9 Å². The summed E-state index contributed by atoms with van der Waals surface area (Å²) >= 11 is 1.15. The topological polar surface area (TPSA) is 112 Å². The van der Waals surface area contributed by atoms with Crippen molar-refractivity contribution in [3.05, 3.63) is 119 Å². The Balaban J connectivity index is 1.24. The number of hydrogen-bond donors (Lipinski definition) is 4. The number of alkyl halides is 3. The van der Waals surface area contributed by atoms with Crippen LogP contribution in [0.25, 0.3) is 10.2 Å². The molecule has 0 saturated heterocycles. The normalized spacial score (nSPS) is 11.2. The molecule has 0 aliphatic rings. The van der Waals surface area contributed by atoms with Crippen molar-refractivity contribution < 1.29 is 31.9 Å². The second kappa shape index (κ2) is 12.5. The Bertz CT molecular complexity index is 1890. The predicted octanol–water partition coefficient (Wildman–Crippen LogP) is 7.59. The molecule has 0 spiro atoms. The van der Waals surface area contributed by atoms with Crippen LogP contribution in [-0.4, -0.2) is 22.8 Å². The van der Waals surface area contributed by atoms with Crippen molar-refractivity contribution in [2.45, 2.75) is 19.6 Å². The Hall–Kier alpha value is -5.30. The second-order valence-electron chi connectivity index (χ2n) is 9.66. The van der Waals surface area contributed by atoms with Gasteiger partial charge in [-0.1, -0.05) is 35.6 Å². The van der Waals surface area contributed by atoms with Crippen LogP contribution in [0.2, 0.25) is 0 Å². The zero-order valence-corrected chi connectivity index (χ0v) is 23.7. The van der Waals surface area contributed by atoms with E-state index >= 15 is 0 Å². The van der Waals surface area contributed by atoms with E-state index in [4.69, 9.17) is 0 Å². The van der Waals surface area contributed by atoms with E-state index in [1.807, 2.05) is 0 Å². The SMILES string of the molecule is Cc1ccc(C(=O)Nc2cccc(C(F)(F)F)c2)cc1NC(=O)c1ccc2nc(NC(=O)NCc3cccc(F)c3)sc2c1. The number of nitrogens with one attached hydrogen (secondary N) is 4. The number of hydrogen-bond acceptors (Lipinski definition) is 5. The minimum absolute atomic E-state index is 0.0215. The lowest BCUT2D eigenvalue weighted by molar-refractivity contribution is -0.137. The number of benzene rings is 4. The lowest BCUT2D eigenvalue weighted by Gasteiger charge is -2.12. The van der Waals surface area contributed by atoms with Gasteiger partial charge in [-0.3, -0.25) is 14.9 Å². The fraction of sp³-hybridized carbons (Fsp3) is 0.0968. The van der Waals surface area contributed by atoms with Crippen molar-refractivity contribution in [2.24, 2.45) is 0 Å². The Morgan fingerprint density at radius 3 is 2.32 bits per heavy atom. The molecule has 224 valence electrons. The average Bonchev–Trinajstić information content (AvgIpc) is 3.38. The number of aromatic nitrogens is 1. The van der Waals surface area contributed by atoms with Gasteiger partial charge in [0.25, 0.3) is 11.8 Å². The number of aryl methyl sites for hydroxylation is 1. The van der Waals surface area contributed by atoms with Crippen LogP contribution in [0.5, 0.6) is 0 Å². The predicted molar refractivity (Wildman–Crippen MR) is 160 cm³/mol. The number of anilines is 3. The highest BCUT2D eigenvalue weighted by Crippen LogP contribution is 2.31. The molecule has 0 aliphatic carbocycles. The highest BCUT2D eigenvalue weighted by molar-refractivity contribution is 7.22. The maximum absolute atomic E-state index is 13.3. The van der Waals surface area contributed by atoms with Crippen molar-refractivity contribution in [1.82, 2.24) is 10.3 Å². The number of carbonyl (C=O) groups is 3. The average molecular weight is 622 g/mol. The smallest absolute Gasteiger partial charge is 0.334 e. The van der Waals surface area contributed by atoms with Gasteiger partial charge < -0.3 is 16.0 Å². The van der Waals surface area contributed by atoms with Crippen LogP contribution < -0.4 is 21.3 Å². The third kappa shape index (κ3) is 7.36. The van der Waals surface area contributed by atoms with E-state index in [9.17, 15) is 31.9 Å². The van der Waals surface area contributed by atoms with Crippen LogP contribution in [0.1, 0.15) is 37.4 Å². The third-order valence-corrected chi connectivity index (χ3v) is 7.34. The first-order valence-corrected chi connectivity index (χ1v) is 13.9. The van der Waals surface area contributed by atoms with E-state index in [-0.39, 0.29) is 17.8 Å². The van der Waals surface area contributed by atoms with E-state index in [1.165, 1.54) is 36.4 Å². The molecule has 0 atom stereocenters. The highest BCUT2D eigenvalue weighted by atomic mass is 32.1. The molecule has 0 unspecified atom stereocenters. The van der Waals surface area contributed by atoms with Crippen LogP contribution in [0.15, 0.2) is 84.9 Å². The first kappa shape index (κ1) is 30.2. The standard InChI is InChI=1S/C31H23F4N5O3S/c1-17-8-9-19(27(41)37-23-7-3-5-21(15-23)31(33,34)35)13-25(17)38-28(42)20-10-11-24-26(14-20)44-30(39-24)40-29(43)36-16-18-4-2-6-22(32)12-18/h2-15H,16H2,1H3,(H,37,41)(H,38,42)(H2,36,39,40,43). The van der Waals surface area contributed by atoms with Crippen molar-refractivity contribution in [1.29, 1.82) is 0 Å². The van der Waals surface area contributed by atoms with Gasteiger partial charge in [-0.05, 0) is 78.7 Å². The molecule has 13 heteroatoms. The van der Waals surface area contributed by atoms with Crippen LogP contribution in [-0.2, 0) is 12.7 Å². The summed E-state index contributed by atoms with van der Waals surface area (Å²) in [6.07, 6.45) is -4.55. The number of nitrogens with zero attached hydrogens (tertiary/aromatic N) is 1. The van der Waals surface area contributed by atoms with Gasteiger partial charge in [0, 0.05) is 29.0 Å². The van der Waals surface area contributed by atoms with Crippen LogP contribution in [0.4, 0.5) is 38.9 Å². The zero-order chi connectivity index (χ0) is 31.4. The van der Waals surface area contributed by atoms with Gasteiger partial charge >= 0.3 is 12.2 Å². The molecule has 4 aromatic carbocycles. The molecule has 4 amide bonds. The number of fused-ring (bicyclic) bond motifs is 1. The molecule has 44 heavy (non-hydrogen) atoms. The van der Waals surface area contributed by atoms with E-state index < -0.39 is 35.4 Å². The summed E-state index contributed by atoms with van der Waals surface area (Å²) in [5, 5.41) is 10.8. The van der Waals surface area contributed by atoms with Gasteiger partial charge in [0.15, 0.2) is 5.13 Å². The Kier molecular flexibility index (Phi) is 8.58. The monoisotopic (exact) mass is 621 g/mol. The van der Waals surface area contributed by atoms with Crippen molar-refractivity contribution in [3.8, 4) is 0 Å². The molecule has 1 heterocycles. The third-order valence-electron chi connectivity index (χ3n) is 6.41. The van der Waals surface area contributed by atoms with E-state index in [0.717, 1.165) is 23.5 Å². The highest BCUT2D eigenvalue weighted by Gasteiger charge is 2.30. The fourth-order valence-corrected chi connectivity index (χ4v) is 5.06. The summed E-state index contributed by atoms with van der Waals surface area (Å²) in [4.78, 5) is 42.5. The summed E-state index contributed by atoms with van der Waals surface area (Å²) < 4.78 is 53.1. The summed E-state index contributed by atoms with van der Waals surface area (Å²) in [5.74, 6) is -1.52. The minimum atomic E-state index is -4.55. The first-order chi connectivity index (χ1) is 20.9. The number of urea groups is 1. The molecule has 0 bridgehead atoms. The van der Waals surface area contributed by atoms with Crippen molar-refractivity contribution in [2.75, 3.05) is 16.0 Å². The summed E-state index contributed by atoms with van der Waals surface area (Å²) in [6, 6.07) is 19.0. The van der Waals surface area contributed by atoms with Crippen LogP contribution in [0, 0.1) is 12.7 Å². The summed E-state index contributed by atoms with van der Waals surface area (Å²) in [5.41, 5.74) is 1.66. The second-order valence-corrected chi connectivity index (χ2v) is 10.7. The molecule has 0 fully saturated rings. The van der Waals surface area contributed by atoms with Gasteiger partial charge in [-0.25, -0.2) is 14.2 Å². The van der Waals surface area contributed by atoms with Gasteiger partial charge in [0.1, 0.15) is 5.82 Å². The number of amides is 4.